The van der Waals surface area contributed by atoms with Crippen molar-refractivity contribution in [2.75, 3.05) is 0 Å². The van der Waals surface area contributed by atoms with E-state index in [1.807, 2.05) is 24.3 Å². The van der Waals surface area contributed by atoms with E-state index in [2.05, 4.69) is 56.5 Å². The third kappa shape index (κ3) is 4.39. The Hall–Kier alpha value is -2.55. The molecule has 0 amide bonds. The fourth-order valence-electron chi connectivity index (χ4n) is 3.06. The minimum Gasteiger partial charge on any atom is -0.454 e. The highest BCUT2D eigenvalue weighted by Crippen LogP contribution is 2.34. The number of rotatable bonds is 5. The van der Waals surface area contributed by atoms with Crippen LogP contribution in [0.4, 0.5) is 0 Å². The molecule has 3 nitrogen and oxygen atoms in total. The van der Waals surface area contributed by atoms with E-state index in [4.69, 9.17) is 14.7 Å². The summed E-state index contributed by atoms with van der Waals surface area (Å²) >= 11 is 3.39. The van der Waals surface area contributed by atoms with E-state index in [1.165, 1.54) is 10.5 Å². The average Bonchev–Trinajstić information content (AvgIpc) is 3.34. The summed E-state index contributed by atoms with van der Waals surface area (Å²) in [5.41, 5.74) is 4.32. The van der Waals surface area contributed by atoms with Gasteiger partial charge in [0.25, 0.3) is 0 Å². The van der Waals surface area contributed by atoms with Gasteiger partial charge in [0.2, 0.25) is 0 Å². The molecular formula is C24H22N2OS2. The lowest BCUT2D eigenvalue weighted by Gasteiger charge is -2.13. The lowest BCUT2D eigenvalue weighted by Crippen LogP contribution is -2.11. The van der Waals surface area contributed by atoms with Crippen LogP contribution in [0.1, 0.15) is 37.6 Å². The van der Waals surface area contributed by atoms with Crippen LogP contribution in [0.2, 0.25) is 0 Å². The molecule has 4 rings (SSSR count). The second kappa shape index (κ2) is 8.06. The molecule has 0 radical (unpaired) electrons. The van der Waals surface area contributed by atoms with Gasteiger partial charge in [-0.1, -0.05) is 45.0 Å². The predicted octanol–water partition coefficient (Wildman–Crippen LogP) is 7.21. The molecule has 0 saturated carbocycles. The van der Waals surface area contributed by atoms with Crippen LogP contribution in [0, 0.1) is 11.3 Å². The summed E-state index contributed by atoms with van der Waals surface area (Å²) < 4.78 is 6.05. The number of furan rings is 1. The van der Waals surface area contributed by atoms with Crippen LogP contribution in [0.25, 0.3) is 21.7 Å². The molecule has 0 aliphatic rings. The van der Waals surface area contributed by atoms with Gasteiger partial charge in [0.15, 0.2) is 10.8 Å². The van der Waals surface area contributed by atoms with Gasteiger partial charge < -0.3 is 4.42 Å². The summed E-state index contributed by atoms with van der Waals surface area (Å²) in [5, 5.41) is 13.1. The average molecular weight is 419 g/mol. The summed E-state index contributed by atoms with van der Waals surface area (Å²) in [6, 6.07) is 18.8. The number of nitrogens with zero attached hydrogens (tertiary/aromatic N) is 2. The zero-order valence-electron chi connectivity index (χ0n) is 16.7. The van der Waals surface area contributed by atoms with Gasteiger partial charge in [-0.2, -0.15) is 5.26 Å². The van der Waals surface area contributed by atoms with E-state index in [-0.39, 0.29) is 5.41 Å². The quantitative estimate of drug-likeness (QED) is 0.321. The van der Waals surface area contributed by atoms with Crippen LogP contribution in [0.5, 0.6) is 0 Å². The molecule has 0 aliphatic carbocycles. The van der Waals surface area contributed by atoms with E-state index < -0.39 is 0 Å². The smallest absolute Gasteiger partial charge is 0.164 e. The minimum absolute atomic E-state index is 0.0347. The zero-order valence-corrected chi connectivity index (χ0v) is 18.4. The van der Waals surface area contributed by atoms with E-state index in [0.717, 1.165) is 38.7 Å². The molecule has 0 saturated heterocycles. The van der Waals surface area contributed by atoms with Crippen molar-refractivity contribution in [2.45, 2.75) is 43.3 Å². The molecule has 4 aromatic rings. The Morgan fingerprint density at radius 3 is 2.72 bits per heavy atom. The van der Waals surface area contributed by atoms with Gasteiger partial charge in [0, 0.05) is 26.8 Å². The van der Waals surface area contributed by atoms with E-state index in [0.29, 0.717) is 6.42 Å². The lowest BCUT2D eigenvalue weighted by atomic mass is 9.93. The number of fused-ring (bicyclic) bond motifs is 1. The molecule has 2 aromatic heterocycles. The number of hydrogen-bond donors (Lipinski definition) is 0. The molecule has 0 atom stereocenters. The second-order valence-electron chi connectivity index (χ2n) is 8.00. The molecule has 146 valence electrons. The van der Waals surface area contributed by atoms with Crippen molar-refractivity contribution in [1.82, 2.24) is 4.98 Å². The fraction of sp³-hybridized carbons (Fsp3) is 0.250. The Morgan fingerprint density at radius 1 is 1.14 bits per heavy atom. The first-order valence-corrected chi connectivity index (χ1v) is 11.4. The Bertz CT molecular complexity index is 1190. The number of thioether (sulfide) groups is 1. The number of thiazole rings is 1. The van der Waals surface area contributed by atoms with Crippen LogP contribution in [-0.4, -0.2) is 4.98 Å². The van der Waals surface area contributed by atoms with Gasteiger partial charge in [-0.15, -0.1) is 23.1 Å². The van der Waals surface area contributed by atoms with Crippen molar-refractivity contribution in [3.63, 3.8) is 0 Å². The Balaban J connectivity index is 1.55. The van der Waals surface area contributed by atoms with Crippen molar-refractivity contribution in [3.8, 4) is 16.8 Å². The molecule has 0 unspecified atom stereocenters. The maximum absolute atomic E-state index is 9.02. The van der Waals surface area contributed by atoms with Crippen molar-refractivity contribution in [1.29, 1.82) is 5.26 Å². The van der Waals surface area contributed by atoms with Crippen LogP contribution in [-0.2, 0) is 17.6 Å². The standard InChI is InChI=1S/C24H22N2OS2/c1-24(2,3)22-15-29-23(26-22)20-13-18-12-16(8-9-19(18)27-20)14-28-21-7-5-4-6-17(21)10-11-25/h4-9,12-13,15H,10,14H2,1-3H3. The first-order valence-electron chi connectivity index (χ1n) is 9.50. The van der Waals surface area contributed by atoms with Crippen LogP contribution >= 0.6 is 23.1 Å². The highest BCUT2D eigenvalue weighted by molar-refractivity contribution is 7.98. The molecule has 0 spiro atoms. The molecule has 2 heterocycles. The third-order valence-corrected chi connectivity index (χ3v) is 6.74. The van der Waals surface area contributed by atoms with Crippen LogP contribution in [0.3, 0.4) is 0 Å². The maximum Gasteiger partial charge on any atom is 0.164 e. The monoisotopic (exact) mass is 418 g/mol. The van der Waals surface area contributed by atoms with Crippen molar-refractivity contribution >= 4 is 34.1 Å². The fourth-order valence-corrected chi connectivity index (χ4v) is 5.06. The molecule has 0 bridgehead atoms. The molecule has 5 heteroatoms. The summed E-state index contributed by atoms with van der Waals surface area (Å²) in [4.78, 5) is 5.93. The number of benzene rings is 2. The van der Waals surface area contributed by atoms with Gasteiger partial charge in [-0.25, -0.2) is 4.98 Å². The molecule has 0 fully saturated rings. The number of aromatic nitrogens is 1. The first kappa shape index (κ1) is 19.8. The van der Waals surface area contributed by atoms with E-state index in [9.17, 15) is 0 Å². The van der Waals surface area contributed by atoms with Crippen molar-refractivity contribution in [2.24, 2.45) is 0 Å². The van der Waals surface area contributed by atoms with Gasteiger partial charge in [0.05, 0.1) is 18.2 Å². The second-order valence-corrected chi connectivity index (χ2v) is 9.88. The van der Waals surface area contributed by atoms with Crippen molar-refractivity contribution in [3.05, 3.63) is 70.7 Å². The molecule has 2 aromatic carbocycles. The Morgan fingerprint density at radius 2 is 1.97 bits per heavy atom. The highest BCUT2D eigenvalue weighted by Gasteiger charge is 2.19. The summed E-state index contributed by atoms with van der Waals surface area (Å²) in [6.07, 6.45) is 0.442. The van der Waals surface area contributed by atoms with Crippen LogP contribution in [0.15, 0.2) is 63.2 Å². The summed E-state index contributed by atoms with van der Waals surface area (Å²) in [6.45, 7) is 6.51. The van der Waals surface area contributed by atoms with E-state index >= 15 is 0 Å². The first-order chi connectivity index (χ1) is 13.9. The summed E-state index contributed by atoms with van der Waals surface area (Å²) in [5.74, 6) is 1.68. The highest BCUT2D eigenvalue weighted by atomic mass is 32.2. The topological polar surface area (TPSA) is 49.8 Å². The lowest BCUT2D eigenvalue weighted by molar-refractivity contribution is 0.571. The maximum atomic E-state index is 9.02. The Kier molecular flexibility index (Phi) is 5.49. The molecule has 0 N–H and O–H groups in total. The van der Waals surface area contributed by atoms with Crippen LogP contribution < -0.4 is 0 Å². The van der Waals surface area contributed by atoms with Gasteiger partial charge in [-0.05, 0) is 35.4 Å². The third-order valence-electron chi connectivity index (χ3n) is 4.70. The number of nitriles is 1. The zero-order chi connectivity index (χ0) is 20.4. The molecule has 29 heavy (non-hydrogen) atoms. The van der Waals surface area contributed by atoms with Crippen molar-refractivity contribution < 1.29 is 4.42 Å². The predicted molar refractivity (Wildman–Crippen MR) is 121 cm³/mol. The molecular weight excluding hydrogens is 396 g/mol. The molecule has 0 aliphatic heterocycles. The summed E-state index contributed by atoms with van der Waals surface area (Å²) in [7, 11) is 0. The van der Waals surface area contributed by atoms with Gasteiger partial charge in [0.1, 0.15) is 5.58 Å². The SMILES string of the molecule is CC(C)(C)c1csc(-c2cc3cc(CSc4ccccc4CC#N)ccc3o2)n1. The van der Waals surface area contributed by atoms with Gasteiger partial charge in [-0.3, -0.25) is 0 Å². The van der Waals surface area contributed by atoms with Gasteiger partial charge >= 0.3 is 0 Å². The minimum atomic E-state index is 0.0347. The largest absolute Gasteiger partial charge is 0.454 e. The normalized spacial score (nSPS) is 11.7. The Labute approximate surface area is 179 Å². The van der Waals surface area contributed by atoms with E-state index in [1.54, 1.807) is 23.1 Å². The number of hydrogen-bond acceptors (Lipinski definition) is 5.